The van der Waals surface area contributed by atoms with Gasteiger partial charge < -0.3 is 35.4 Å². The minimum Gasteiger partial charge on any atom is -0.465 e. The van der Waals surface area contributed by atoms with E-state index in [1.807, 2.05) is 54.9 Å². The molecule has 1 saturated carbocycles. The summed E-state index contributed by atoms with van der Waals surface area (Å²) in [6, 6.07) is 9.71. The molecule has 0 amide bonds. The molecule has 2 aromatic carbocycles. The summed E-state index contributed by atoms with van der Waals surface area (Å²) in [6.45, 7) is 4.75. The first-order valence-electron chi connectivity index (χ1n) is 22.5. The third kappa shape index (κ3) is 8.12. The molecule has 1 spiro atoms. The average Bonchev–Trinajstić information content (AvgIpc) is 4.00. The Bertz CT molecular complexity index is 2330. The molecular weight excluding hydrogens is 765 g/mol. The number of ether oxygens (including phenoxy) is 2. The van der Waals surface area contributed by atoms with E-state index >= 15 is 0 Å². The Morgan fingerprint density at radius 1 is 1.07 bits per heavy atom. The molecule has 0 saturated heterocycles. The van der Waals surface area contributed by atoms with Crippen molar-refractivity contribution in [1.29, 1.82) is 0 Å². The van der Waals surface area contributed by atoms with Crippen LogP contribution < -0.4 is 15.2 Å². The lowest BCUT2D eigenvalue weighted by Gasteiger charge is -2.39. The first-order chi connectivity index (χ1) is 29.6. The first kappa shape index (κ1) is 41.4. The highest BCUT2D eigenvalue weighted by Gasteiger charge is 2.48. The van der Waals surface area contributed by atoms with Gasteiger partial charge in [-0.15, -0.1) is 0 Å². The largest absolute Gasteiger partial charge is 0.465 e. The van der Waals surface area contributed by atoms with Crippen molar-refractivity contribution in [3.05, 3.63) is 93.3 Å². The Morgan fingerprint density at radius 2 is 1.90 bits per heavy atom. The van der Waals surface area contributed by atoms with E-state index in [2.05, 4.69) is 53.8 Å². The molecule has 2 aromatic rings. The highest BCUT2D eigenvalue weighted by Crippen LogP contribution is 2.49. The summed E-state index contributed by atoms with van der Waals surface area (Å²) in [5.41, 5.74) is 13.8. The predicted molar refractivity (Wildman–Crippen MR) is 235 cm³/mol. The lowest BCUT2D eigenvalue weighted by Crippen LogP contribution is -2.47. The van der Waals surface area contributed by atoms with Crippen molar-refractivity contribution in [3.8, 4) is 35.4 Å². The number of allylic oxidation sites excluding steroid dienone is 2. The van der Waals surface area contributed by atoms with Crippen molar-refractivity contribution in [2.75, 3.05) is 6.54 Å². The van der Waals surface area contributed by atoms with Crippen LogP contribution in [0.1, 0.15) is 118 Å². The monoisotopic (exact) mass is 822 g/mol. The molecule has 5 heterocycles. The highest BCUT2D eigenvalue weighted by molar-refractivity contribution is 5.88. The zero-order chi connectivity index (χ0) is 42.3. The Labute approximate surface area is 359 Å². The standard InChI is InChI=1S/C51H58N4O6/c1-3-4-5-8-37(48(59)38-12-9-31(2)25-45(38)58)44(57)16-10-32-11-18-46-47(26-32)61-50-41(51(22-24-60-46)20-6-7-21-51)15-17-43(56)35-13-14-36-34(19-23-53-49(36)52)39(35)27-33-28-54-42-30-55(50)29-40(33)42/h9,11-14,18,23,26,28,30-31,37-38,41,43,45,48-50,56,58-59H,3-8,10,16,19-21,25,27,29,52H2,1-2H3/t31-,37-,38+,41+,43+,45-,48+,49+,50-/m1/s1. The molecule has 2 aliphatic carbocycles. The van der Waals surface area contributed by atoms with Gasteiger partial charge in [0.2, 0.25) is 0 Å². The van der Waals surface area contributed by atoms with E-state index in [1.165, 1.54) is 0 Å². The van der Waals surface area contributed by atoms with Crippen LogP contribution in [0.25, 0.3) is 0 Å². The van der Waals surface area contributed by atoms with E-state index in [0.29, 0.717) is 50.1 Å². The Morgan fingerprint density at radius 3 is 2.72 bits per heavy atom. The zero-order valence-electron chi connectivity index (χ0n) is 35.4. The summed E-state index contributed by atoms with van der Waals surface area (Å²) in [5, 5.41) is 34.5. The SMILES string of the molecule is CCCCC[C@H](C(=O)CCc1ccc2c(c1)O[C@@H]1[C@H](C#C[C@H](O)c3ccc4c(c3CC3=C5CN1C=C5N=C3)CC=N[C@@H]4N)C1(C#CO2)CCCC1)[C@H](O)[C@H]1C=C[C@@H](C)C[C@H]1O. The van der Waals surface area contributed by atoms with Gasteiger partial charge in [0.15, 0.2) is 17.7 Å². The van der Waals surface area contributed by atoms with Crippen LogP contribution in [0, 0.1) is 53.0 Å². The maximum atomic E-state index is 14.0. The number of ketones is 1. The second kappa shape index (κ2) is 17.4. The number of aryl methyl sites for hydroxylation is 1. The van der Waals surface area contributed by atoms with Crippen LogP contribution in [0.3, 0.4) is 0 Å². The number of fused-ring (bicyclic) bond motifs is 8. The van der Waals surface area contributed by atoms with Crippen molar-refractivity contribution in [2.45, 2.75) is 128 Å². The minimum atomic E-state index is -1.06. The molecule has 10 heteroatoms. The van der Waals surface area contributed by atoms with Crippen LogP contribution in [0.2, 0.25) is 0 Å². The number of benzene rings is 2. The van der Waals surface area contributed by atoms with Gasteiger partial charge >= 0.3 is 0 Å². The number of Topliss-reactive ketones (excluding diaryl/α,β-unsaturated/α-hetero) is 1. The van der Waals surface area contributed by atoms with Crippen molar-refractivity contribution in [1.82, 2.24) is 4.90 Å². The summed E-state index contributed by atoms with van der Waals surface area (Å²) >= 11 is 0. The lowest BCUT2D eigenvalue weighted by atomic mass is 9.73. The molecule has 7 aliphatic rings. The number of nitrogens with two attached hydrogens (primary N) is 1. The number of carbonyl (C=O) groups excluding carboxylic acids is 1. The number of nitrogens with zero attached hydrogens (tertiary/aromatic N) is 3. The van der Waals surface area contributed by atoms with Gasteiger partial charge in [0.25, 0.3) is 0 Å². The van der Waals surface area contributed by atoms with Gasteiger partial charge in [0.05, 0.1) is 29.2 Å². The van der Waals surface area contributed by atoms with Crippen LogP contribution in [-0.2, 0) is 24.1 Å². The Hall–Kier alpha value is -4.97. The second-order valence-corrected chi connectivity index (χ2v) is 18.3. The molecule has 9 atom stereocenters. The van der Waals surface area contributed by atoms with Crippen molar-refractivity contribution < 1.29 is 29.6 Å². The molecule has 2 bridgehead atoms. The number of rotatable bonds is 10. The number of aliphatic hydroxyl groups is 3. The van der Waals surface area contributed by atoms with Gasteiger partial charge in [-0.25, -0.2) is 0 Å². The molecule has 0 radical (unpaired) electrons. The molecule has 9 rings (SSSR count). The maximum absolute atomic E-state index is 14.0. The number of aliphatic imine (C=N–C) groups is 2. The minimum absolute atomic E-state index is 0.00344. The molecule has 5 N–H and O–H groups in total. The predicted octanol–water partition coefficient (Wildman–Crippen LogP) is 6.97. The van der Waals surface area contributed by atoms with Crippen LogP contribution in [-0.4, -0.2) is 63.4 Å². The average molecular weight is 823 g/mol. The van der Waals surface area contributed by atoms with Crippen LogP contribution in [0.4, 0.5) is 0 Å². The molecule has 5 aliphatic heterocycles. The quantitative estimate of drug-likeness (QED) is 0.114. The van der Waals surface area contributed by atoms with Crippen LogP contribution in [0.15, 0.2) is 75.5 Å². The molecular formula is C51H58N4O6. The van der Waals surface area contributed by atoms with Crippen LogP contribution >= 0.6 is 0 Å². The van der Waals surface area contributed by atoms with Gasteiger partial charge in [-0.2, -0.15) is 0 Å². The van der Waals surface area contributed by atoms with Gasteiger partial charge in [-0.3, -0.25) is 14.8 Å². The summed E-state index contributed by atoms with van der Waals surface area (Å²) in [6.07, 6.45) is 18.7. The number of aliphatic hydroxyl groups excluding tert-OH is 3. The highest BCUT2D eigenvalue weighted by atomic mass is 16.5. The Balaban J connectivity index is 1.04. The van der Waals surface area contributed by atoms with E-state index in [1.54, 1.807) is 0 Å². The van der Waals surface area contributed by atoms with Gasteiger partial charge in [-0.1, -0.05) is 94.1 Å². The molecule has 318 valence electrons. The number of carbonyl (C=O) groups is 1. The van der Waals surface area contributed by atoms with Crippen molar-refractivity contribution in [3.63, 3.8) is 0 Å². The van der Waals surface area contributed by atoms with Gasteiger partial charge in [0.1, 0.15) is 24.2 Å². The van der Waals surface area contributed by atoms with Gasteiger partial charge in [-0.05, 0) is 83.5 Å². The van der Waals surface area contributed by atoms with Crippen molar-refractivity contribution in [2.24, 2.45) is 44.8 Å². The summed E-state index contributed by atoms with van der Waals surface area (Å²) < 4.78 is 13.4. The normalized spacial score (nSPS) is 28.7. The summed E-state index contributed by atoms with van der Waals surface area (Å²) in [5.74, 6) is 10.2. The molecule has 61 heavy (non-hydrogen) atoms. The van der Waals surface area contributed by atoms with Gasteiger partial charge in [0, 0.05) is 61.8 Å². The van der Waals surface area contributed by atoms with E-state index in [-0.39, 0.29) is 18.1 Å². The number of hydrogen-bond donors (Lipinski definition) is 4. The molecule has 10 nitrogen and oxygen atoms in total. The van der Waals surface area contributed by atoms with E-state index in [0.717, 1.165) is 89.6 Å². The fraction of sp³-hybridized carbons (Fsp3) is 0.510. The van der Waals surface area contributed by atoms with E-state index < -0.39 is 53.9 Å². The van der Waals surface area contributed by atoms with Crippen molar-refractivity contribution >= 4 is 18.2 Å². The third-order valence-corrected chi connectivity index (χ3v) is 14.2. The van der Waals surface area contributed by atoms with Crippen LogP contribution in [0.5, 0.6) is 11.5 Å². The maximum Gasteiger partial charge on any atom is 0.187 e. The topological polar surface area (TPSA) is 150 Å². The molecule has 1 fully saturated rings. The smallest absolute Gasteiger partial charge is 0.187 e. The molecule has 0 unspecified atom stereocenters. The Kier molecular flexibility index (Phi) is 11.8. The fourth-order valence-electron chi connectivity index (χ4n) is 10.7. The number of hydrogen-bond acceptors (Lipinski definition) is 10. The van der Waals surface area contributed by atoms with E-state index in [9.17, 15) is 20.1 Å². The lowest BCUT2D eigenvalue weighted by molar-refractivity contribution is -0.129. The van der Waals surface area contributed by atoms with E-state index in [4.69, 9.17) is 20.2 Å². The first-order valence-corrected chi connectivity index (χ1v) is 22.5. The third-order valence-electron chi connectivity index (χ3n) is 14.2. The zero-order valence-corrected chi connectivity index (χ0v) is 35.4. The fourth-order valence-corrected chi connectivity index (χ4v) is 10.7. The molecule has 0 aromatic heterocycles. The summed E-state index contributed by atoms with van der Waals surface area (Å²) in [7, 11) is 0. The second-order valence-electron chi connectivity index (χ2n) is 18.3. The summed E-state index contributed by atoms with van der Waals surface area (Å²) in [4.78, 5) is 25.6. The number of unbranched alkanes of at least 4 members (excludes halogenated alkanes) is 2.